The number of nitrogens with zero attached hydrogens (tertiary/aromatic N) is 2. The van der Waals surface area contributed by atoms with Gasteiger partial charge in [0, 0.05) is 20.4 Å². The molecule has 3 atom stereocenters. The Balaban J connectivity index is 2.89. The van der Waals surface area contributed by atoms with E-state index in [0.717, 1.165) is 6.26 Å². The number of sulfone groups is 1. The SMILES string of the molecule is CCCC(NC(=O)C(CS(C)(=O)=O)N(C)CC)C(=O)C(=O)NCC(=O)NC(C(=O)N(C)C)c1ccccc1. The molecule has 3 N–H and O–H groups in total. The molecule has 4 amide bonds. The van der Waals surface area contributed by atoms with Crippen molar-refractivity contribution >= 4 is 39.2 Å². The van der Waals surface area contributed by atoms with Gasteiger partial charge < -0.3 is 20.9 Å². The van der Waals surface area contributed by atoms with E-state index < -0.39 is 63.8 Å². The maximum absolute atomic E-state index is 12.9. The van der Waals surface area contributed by atoms with Gasteiger partial charge in [-0.3, -0.25) is 28.9 Å². The second-order valence-corrected chi connectivity index (χ2v) is 11.4. The van der Waals surface area contributed by atoms with E-state index >= 15 is 0 Å². The number of hydrogen-bond donors (Lipinski definition) is 3. The maximum Gasteiger partial charge on any atom is 0.290 e. The molecule has 0 radical (unpaired) electrons. The van der Waals surface area contributed by atoms with Gasteiger partial charge in [0.25, 0.3) is 5.91 Å². The first kappa shape index (κ1) is 32.7. The van der Waals surface area contributed by atoms with Crippen molar-refractivity contribution in [2.75, 3.05) is 46.2 Å². The molecule has 1 aromatic rings. The number of rotatable bonds is 15. The minimum Gasteiger partial charge on any atom is -0.347 e. The van der Waals surface area contributed by atoms with Crippen molar-refractivity contribution in [2.45, 2.75) is 44.8 Å². The number of amides is 4. The van der Waals surface area contributed by atoms with Gasteiger partial charge in [-0.25, -0.2) is 8.42 Å². The van der Waals surface area contributed by atoms with Gasteiger partial charge in [-0.2, -0.15) is 0 Å². The average Bonchev–Trinajstić information content (AvgIpc) is 2.87. The third-order valence-corrected chi connectivity index (χ3v) is 6.68. The molecule has 1 rings (SSSR count). The van der Waals surface area contributed by atoms with E-state index in [2.05, 4.69) is 16.0 Å². The summed E-state index contributed by atoms with van der Waals surface area (Å²) in [5.74, 6) is -4.25. The molecule has 0 aliphatic rings. The Hall–Kier alpha value is -3.32. The summed E-state index contributed by atoms with van der Waals surface area (Å²) in [6.07, 6.45) is 1.60. The standard InChI is InChI=1S/C25H39N5O7S/c1-7-12-18(27-23(33)19(30(5)8-2)16-38(6,36)37)22(32)24(34)26-15-20(31)28-21(25(35)29(3)4)17-13-10-9-11-14-17/h9-11,13-14,18-19,21H,7-8,12,15-16H2,1-6H3,(H,26,34)(H,27,33)(H,28,31). The highest BCUT2D eigenvalue weighted by atomic mass is 32.2. The topological polar surface area (TPSA) is 162 Å². The Morgan fingerprint density at radius 1 is 0.947 bits per heavy atom. The molecular formula is C25H39N5O7S. The molecule has 38 heavy (non-hydrogen) atoms. The van der Waals surface area contributed by atoms with Gasteiger partial charge in [0.2, 0.25) is 23.5 Å². The van der Waals surface area contributed by atoms with Gasteiger partial charge in [-0.15, -0.1) is 0 Å². The zero-order chi connectivity index (χ0) is 29.0. The summed E-state index contributed by atoms with van der Waals surface area (Å²) in [7, 11) is 1.17. The number of likely N-dealkylation sites (N-methyl/N-ethyl adjacent to an activating group) is 2. The van der Waals surface area contributed by atoms with E-state index in [1.165, 1.54) is 9.80 Å². The van der Waals surface area contributed by atoms with Crippen molar-refractivity contribution in [1.82, 2.24) is 25.8 Å². The Morgan fingerprint density at radius 2 is 1.55 bits per heavy atom. The van der Waals surface area contributed by atoms with Crippen LogP contribution in [0.5, 0.6) is 0 Å². The number of benzene rings is 1. The number of carbonyl (C=O) groups is 5. The van der Waals surface area contributed by atoms with Crippen LogP contribution in [0.2, 0.25) is 0 Å². The lowest BCUT2D eigenvalue weighted by Gasteiger charge is -2.27. The maximum atomic E-state index is 12.9. The predicted octanol–water partition coefficient (Wildman–Crippen LogP) is -0.733. The van der Waals surface area contributed by atoms with Crippen molar-refractivity contribution in [2.24, 2.45) is 0 Å². The number of ketones is 1. The summed E-state index contributed by atoms with van der Waals surface area (Å²) in [6.45, 7) is 3.33. The summed E-state index contributed by atoms with van der Waals surface area (Å²) >= 11 is 0. The number of Topliss-reactive ketones (excluding diaryl/α,β-unsaturated/α-hetero) is 1. The molecule has 0 aromatic heterocycles. The lowest BCUT2D eigenvalue weighted by molar-refractivity contribution is -0.141. The third-order valence-electron chi connectivity index (χ3n) is 5.76. The van der Waals surface area contributed by atoms with Gasteiger partial charge in [-0.1, -0.05) is 50.6 Å². The third kappa shape index (κ3) is 10.6. The predicted molar refractivity (Wildman–Crippen MR) is 143 cm³/mol. The first-order valence-electron chi connectivity index (χ1n) is 12.3. The molecule has 0 saturated carbocycles. The fourth-order valence-electron chi connectivity index (χ4n) is 3.54. The minimum absolute atomic E-state index is 0.138. The van der Waals surface area contributed by atoms with E-state index in [-0.39, 0.29) is 12.3 Å². The van der Waals surface area contributed by atoms with E-state index in [1.807, 2.05) is 0 Å². The van der Waals surface area contributed by atoms with Crippen molar-refractivity contribution in [1.29, 1.82) is 0 Å². The molecule has 12 nitrogen and oxygen atoms in total. The summed E-state index contributed by atoms with van der Waals surface area (Å²) < 4.78 is 23.6. The number of hydrogen-bond acceptors (Lipinski definition) is 8. The molecular weight excluding hydrogens is 514 g/mol. The fraction of sp³-hybridized carbons (Fsp3) is 0.560. The van der Waals surface area contributed by atoms with Gasteiger partial charge >= 0.3 is 0 Å². The normalized spacial score (nSPS) is 13.7. The monoisotopic (exact) mass is 553 g/mol. The first-order valence-corrected chi connectivity index (χ1v) is 14.3. The van der Waals surface area contributed by atoms with Crippen LogP contribution in [0.3, 0.4) is 0 Å². The van der Waals surface area contributed by atoms with Crippen molar-refractivity contribution in [3.05, 3.63) is 35.9 Å². The lowest BCUT2D eigenvalue weighted by Crippen LogP contribution is -2.55. The minimum atomic E-state index is -3.51. The quantitative estimate of drug-likeness (QED) is 0.239. The van der Waals surface area contributed by atoms with E-state index in [0.29, 0.717) is 18.5 Å². The average molecular weight is 554 g/mol. The molecule has 0 spiro atoms. The highest BCUT2D eigenvalue weighted by Gasteiger charge is 2.32. The fourth-order valence-corrected chi connectivity index (χ4v) is 4.52. The Bertz CT molecular complexity index is 1090. The largest absolute Gasteiger partial charge is 0.347 e. The summed E-state index contributed by atoms with van der Waals surface area (Å²) in [6, 6.07) is 5.34. The molecule has 1 aromatic carbocycles. The highest BCUT2D eigenvalue weighted by molar-refractivity contribution is 7.90. The zero-order valence-electron chi connectivity index (χ0n) is 22.8. The lowest BCUT2D eigenvalue weighted by atomic mass is 10.1. The van der Waals surface area contributed by atoms with Crippen molar-refractivity contribution in [3.63, 3.8) is 0 Å². The van der Waals surface area contributed by atoms with Gasteiger partial charge in [-0.05, 0) is 25.6 Å². The van der Waals surface area contributed by atoms with Crippen LogP contribution in [-0.2, 0) is 33.8 Å². The molecule has 0 saturated heterocycles. The second-order valence-electron chi connectivity index (χ2n) is 9.22. The Kier molecular flexibility index (Phi) is 13.1. The van der Waals surface area contributed by atoms with E-state index in [4.69, 9.17) is 0 Å². The van der Waals surface area contributed by atoms with Crippen LogP contribution in [0.1, 0.15) is 38.3 Å². The zero-order valence-corrected chi connectivity index (χ0v) is 23.6. The summed E-state index contributed by atoms with van der Waals surface area (Å²) in [5.41, 5.74) is 0.549. The van der Waals surface area contributed by atoms with Crippen molar-refractivity contribution in [3.8, 4) is 0 Å². The first-order chi connectivity index (χ1) is 17.7. The summed E-state index contributed by atoms with van der Waals surface area (Å²) in [5, 5.41) is 7.30. The number of carbonyl (C=O) groups excluding carboxylic acids is 5. The molecule has 3 unspecified atom stereocenters. The van der Waals surface area contributed by atoms with Gasteiger partial charge in [0.15, 0.2) is 0 Å². The van der Waals surface area contributed by atoms with Crippen LogP contribution in [0.15, 0.2) is 30.3 Å². The van der Waals surface area contributed by atoms with Crippen LogP contribution in [0, 0.1) is 0 Å². The van der Waals surface area contributed by atoms with Crippen molar-refractivity contribution < 1.29 is 32.4 Å². The molecule has 13 heteroatoms. The molecule has 212 valence electrons. The van der Waals surface area contributed by atoms with Crippen LogP contribution in [0.4, 0.5) is 0 Å². The molecule has 0 bridgehead atoms. The number of nitrogens with one attached hydrogen (secondary N) is 3. The molecule has 0 fully saturated rings. The molecule has 0 heterocycles. The Morgan fingerprint density at radius 3 is 2.05 bits per heavy atom. The van der Waals surface area contributed by atoms with Crippen LogP contribution < -0.4 is 16.0 Å². The molecule has 0 aliphatic heterocycles. The summed E-state index contributed by atoms with van der Waals surface area (Å²) in [4.78, 5) is 66.2. The second kappa shape index (κ2) is 15.2. The smallest absolute Gasteiger partial charge is 0.290 e. The highest BCUT2D eigenvalue weighted by Crippen LogP contribution is 2.14. The van der Waals surface area contributed by atoms with Gasteiger partial charge in [0.05, 0.1) is 18.3 Å². The Labute approximate surface area is 224 Å². The van der Waals surface area contributed by atoms with Crippen LogP contribution in [-0.4, -0.2) is 106 Å². The van der Waals surface area contributed by atoms with Crippen LogP contribution >= 0.6 is 0 Å². The van der Waals surface area contributed by atoms with E-state index in [9.17, 15) is 32.4 Å². The molecule has 0 aliphatic carbocycles. The van der Waals surface area contributed by atoms with Crippen LogP contribution in [0.25, 0.3) is 0 Å². The van der Waals surface area contributed by atoms with E-state index in [1.54, 1.807) is 65.3 Å². The van der Waals surface area contributed by atoms with Gasteiger partial charge in [0.1, 0.15) is 21.9 Å².